The van der Waals surface area contributed by atoms with Gasteiger partial charge in [-0.3, -0.25) is 4.79 Å². The Labute approximate surface area is 196 Å². The van der Waals surface area contributed by atoms with E-state index in [1.54, 1.807) is 18.2 Å². The minimum Gasteiger partial charge on any atom is -0.492 e. The summed E-state index contributed by atoms with van der Waals surface area (Å²) in [5.41, 5.74) is 2.77. The number of rotatable bonds is 8. The SMILES string of the molecule is Cc1cc(OCCn2cc(C=C(C#N)C(=O)NCc3ccco3)c3ccccc32)ccc1Cl. The van der Waals surface area contributed by atoms with Gasteiger partial charge >= 0.3 is 0 Å². The van der Waals surface area contributed by atoms with Crippen molar-refractivity contribution in [3.05, 3.63) is 94.5 Å². The number of para-hydroxylation sites is 1. The number of carbonyl (C=O) groups is 1. The van der Waals surface area contributed by atoms with Gasteiger partial charge in [0, 0.05) is 27.7 Å². The van der Waals surface area contributed by atoms with E-state index in [2.05, 4.69) is 9.88 Å². The lowest BCUT2D eigenvalue weighted by Gasteiger charge is -2.09. The van der Waals surface area contributed by atoms with Crippen LogP contribution in [0, 0.1) is 18.3 Å². The lowest BCUT2D eigenvalue weighted by atomic mass is 10.1. The largest absolute Gasteiger partial charge is 0.492 e. The number of nitrogens with zero attached hydrogens (tertiary/aromatic N) is 2. The number of nitriles is 1. The molecule has 0 saturated carbocycles. The van der Waals surface area contributed by atoms with Crippen LogP contribution in [0.25, 0.3) is 17.0 Å². The maximum Gasteiger partial charge on any atom is 0.262 e. The van der Waals surface area contributed by atoms with Crippen molar-refractivity contribution < 1.29 is 13.9 Å². The molecule has 0 saturated heterocycles. The molecule has 6 nitrogen and oxygen atoms in total. The van der Waals surface area contributed by atoms with Crippen LogP contribution in [0.15, 0.2) is 77.0 Å². The van der Waals surface area contributed by atoms with Crippen LogP contribution >= 0.6 is 11.6 Å². The third kappa shape index (κ3) is 5.28. The molecular weight excluding hydrogens is 438 g/mol. The highest BCUT2D eigenvalue weighted by Gasteiger charge is 2.13. The zero-order chi connectivity index (χ0) is 23.2. The normalized spacial score (nSPS) is 11.4. The number of amides is 1. The van der Waals surface area contributed by atoms with Gasteiger partial charge in [-0.1, -0.05) is 29.8 Å². The lowest BCUT2D eigenvalue weighted by molar-refractivity contribution is -0.117. The number of benzene rings is 2. The van der Waals surface area contributed by atoms with Crippen LogP contribution in [-0.2, 0) is 17.9 Å². The first-order valence-corrected chi connectivity index (χ1v) is 10.8. The van der Waals surface area contributed by atoms with E-state index in [0.29, 0.717) is 23.9 Å². The zero-order valence-electron chi connectivity index (χ0n) is 18.0. The molecule has 166 valence electrons. The van der Waals surface area contributed by atoms with Crippen LogP contribution in [0.3, 0.4) is 0 Å². The van der Waals surface area contributed by atoms with Gasteiger partial charge in [0.15, 0.2) is 0 Å². The van der Waals surface area contributed by atoms with Crippen LogP contribution in [0.4, 0.5) is 0 Å². The van der Waals surface area contributed by atoms with Gasteiger partial charge in [0.05, 0.1) is 19.4 Å². The second-order valence-electron chi connectivity index (χ2n) is 7.49. The number of aryl methyl sites for hydroxylation is 1. The molecule has 0 aliphatic heterocycles. The maximum atomic E-state index is 12.5. The number of furan rings is 1. The highest BCUT2D eigenvalue weighted by atomic mass is 35.5. The fraction of sp³-hybridized carbons (Fsp3) is 0.154. The number of fused-ring (bicyclic) bond motifs is 1. The van der Waals surface area contributed by atoms with Crippen LogP contribution in [-0.4, -0.2) is 17.1 Å². The summed E-state index contributed by atoms with van der Waals surface area (Å²) in [6.07, 6.45) is 5.08. The van der Waals surface area contributed by atoms with E-state index in [4.69, 9.17) is 20.8 Å². The number of hydrogen-bond donors (Lipinski definition) is 1. The first kappa shape index (κ1) is 22.3. The van der Waals surface area contributed by atoms with Gasteiger partial charge in [0.1, 0.15) is 29.8 Å². The van der Waals surface area contributed by atoms with Crippen molar-refractivity contribution in [2.45, 2.75) is 20.0 Å². The fourth-order valence-electron chi connectivity index (χ4n) is 3.52. The van der Waals surface area contributed by atoms with Gasteiger partial charge in [0.25, 0.3) is 5.91 Å². The van der Waals surface area contributed by atoms with Gasteiger partial charge in [-0.2, -0.15) is 5.26 Å². The number of halogens is 1. The Bertz CT molecular complexity index is 1350. The summed E-state index contributed by atoms with van der Waals surface area (Å²) in [5.74, 6) is 0.925. The number of carbonyl (C=O) groups excluding carboxylic acids is 1. The average Bonchev–Trinajstić information content (AvgIpc) is 3.47. The molecule has 7 heteroatoms. The number of aromatic nitrogens is 1. The van der Waals surface area contributed by atoms with Crippen molar-refractivity contribution in [3.63, 3.8) is 0 Å². The molecule has 0 bridgehead atoms. The van der Waals surface area contributed by atoms with Crippen molar-refractivity contribution in [2.75, 3.05) is 6.61 Å². The van der Waals surface area contributed by atoms with Crippen LogP contribution in [0.5, 0.6) is 5.75 Å². The standard InChI is InChI=1S/C26H22ClN3O3/c1-18-13-21(8-9-24(18)27)33-12-10-30-17-20(23-6-2-3-7-25(23)30)14-19(15-28)26(31)29-16-22-5-4-11-32-22/h2-9,11,13-14,17H,10,12,16H2,1H3,(H,29,31). The molecule has 4 rings (SSSR count). The summed E-state index contributed by atoms with van der Waals surface area (Å²) >= 11 is 6.08. The van der Waals surface area contributed by atoms with Crippen LogP contribution in [0.2, 0.25) is 5.02 Å². The molecule has 0 fully saturated rings. The van der Waals surface area contributed by atoms with Gasteiger partial charge in [-0.25, -0.2) is 0 Å². The lowest BCUT2D eigenvalue weighted by Crippen LogP contribution is -2.23. The molecule has 0 aliphatic rings. The molecule has 1 N–H and O–H groups in total. The molecule has 1 amide bonds. The van der Waals surface area contributed by atoms with Crippen LogP contribution in [0.1, 0.15) is 16.9 Å². The quantitative estimate of drug-likeness (QED) is 0.279. The predicted molar refractivity (Wildman–Crippen MR) is 128 cm³/mol. The molecule has 0 spiro atoms. The monoisotopic (exact) mass is 459 g/mol. The van der Waals surface area contributed by atoms with Crippen LogP contribution < -0.4 is 10.1 Å². The molecule has 0 unspecified atom stereocenters. The predicted octanol–water partition coefficient (Wildman–Crippen LogP) is 5.50. The first-order chi connectivity index (χ1) is 16.0. The molecule has 2 heterocycles. The summed E-state index contributed by atoms with van der Waals surface area (Å²) in [6, 6.07) is 18.9. The number of ether oxygens (including phenoxy) is 1. The van der Waals surface area contributed by atoms with Gasteiger partial charge in [-0.15, -0.1) is 0 Å². The Kier molecular flexibility index (Phi) is 6.82. The summed E-state index contributed by atoms with van der Waals surface area (Å²) in [5, 5.41) is 13.9. The second kappa shape index (κ2) is 10.1. The molecule has 2 aromatic heterocycles. The molecule has 0 aliphatic carbocycles. The minimum atomic E-state index is -0.452. The topological polar surface area (TPSA) is 80.2 Å². The van der Waals surface area contributed by atoms with E-state index >= 15 is 0 Å². The molecule has 33 heavy (non-hydrogen) atoms. The summed E-state index contributed by atoms with van der Waals surface area (Å²) in [6.45, 7) is 3.21. The van der Waals surface area contributed by atoms with E-state index in [9.17, 15) is 10.1 Å². The molecule has 0 atom stereocenters. The van der Waals surface area contributed by atoms with Crippen molar-refractivity contribution in [2.24, 2.45) is 0 Å². The Balaban J connectivity index is 1.51. The second-order valence-corrected chi connectivity index (χ2v) is 7.89. The van der Waals surface area contributed by atoms with E-state index in [1.165, 1.54) is 6.26 Å². The molecular formula is C26H22ClN3O3. The van der Waals surface area contributed by atoms with E-state index in [0.717, 1.165) is 27.8 Å². The smallest absolute Gasteiger partial charge is 0.262 e. The Morgan fingerprint density at radius 3 is 2.85 bits per heavy atom. The third-order valence-corrected chi connectivity index (χ3v) is 5.64. The van der Waals surface area contributed by atoms with E-state index in [-0.39, 0.29) is 12.1 Å². The highest BCUT2D eigenvalue weighted by Crippen LogP contribution is 2.24. The summed E-state index contributed by atoms with van der Waals surface area (Å²) < 4.78 is 13.2. The molecule has 0 radical (unpaired) electrons. The summed E-state index contributed by atoms with van der Waals surface area (Å²) in [7, 11) is 0. The Morgan fingerprint density at radius 1 is 1.24 bits per heavy atom. The maximum absolute atomic E-state index is 12.5. The fourth-order valence-corrected chi connectivity index (χ4v) is 3.64. The van der Waals surface area contributed by atoms with Crippen molar-refractivity contribution in [3.8, 4) is 11.8 Å². The number of nitrogens with one attached hydrogen (secondary N) is 1. The van der Waals surface area contributed by atoms with Crippen molar-refractivity contribution in [1.82, 2.24) is 9.88 Å². The van der Waals surface area contributed by atoms with Gasteiger partial charge in [-0.05, 0) is 55.0 Å². The van der Waals surface area contributed by atoms with E-state index < -0.39 is 5.91 Å². The molecule has 4 aromatic rings. The van der Waals surface area contributed by atoms with Gasteiger partial charge < -0.3 is 19.0 Å². The Hall–Kier alpha value is -3.95. The van der Waals surface area contributed by atoms with Gasteiger partial charge in [0.2, 0.25) is 0 Å². The number of hydrogen-bond acceptors (Lipinski definition) is 4. The zero-order valence-corrected chi connectivity index (χ0v) is 18.8. The minimum absolute atomic E-state index is 0.0253. The van der Waals surface area contributed by atoms with Crippen molar-refractivity contribution >= 4 is 34.5 Å². The van der Waals surface area contributed by atoms with Crippen molar-refractivity contribution in [1.29, 1.82) is 5.26 Å². The van der Waals surface area contributed by atoms with E-state index in [1.807, 2.05) is 61.7 Å². The Morgan fingerprint density at radius 2 is 2.09 bits per heavy atom. The third-order valence-electron chi connectivity index (χ3n) is 5.22. The average molecular weight is 460 g/mol. The summed E-state index contributed by atoms with van der Waals surface area (Å²) in [4.78, 5) is 12.5. The first-order valence-electron chi connectivity index (χ1n) is 10.4. The molecule has 2 aromatic carbocycles. The highest BCUT2D eigenvalue weighted by molar-refractivity contribution is 6.31.